The third kappa shape index (κ3) is 6.31. The molecule has 0 heterocycles. The SMILES string of the molecule is CC(C)COCCCNCc1ccccc1[N+](=O)[O-]. The predicted octanol–water partition coefficient (Wildman–Crippen LogP) is 2.75. The van der Waals surface area contributed by atoms with Crippen LogP contribution >= 0.6 is 0 Å². The maximum absolute atomic E-state index is 10.8. The molecule has 19 heavy (non-hydrogen) atoms. The van der Waals surface area contributed by atoms with Gasteiger partial charge in [0, 0.05) is 31.4 Å². The van der Waals surface area contributed by atoms with Gasteiger partial charge in [0.05, 0.1) is 4.92 Å². The topological polar surface area (TPSA) is 64.4 Å². The number of rotatable bonds is 9. The monoisotopic (exact) mass is 266 g/mol. The maximum atomic E-state index is 10.8. The molecule has 0 fully saturated rings. The minimum absolute atomic E-state index is 0.172. The first-order valence-corrected chi connectivity index (χ1v) is 6.62. The van der Waals surface area contributed by atoms with Crippen molar-refractivity contribution in [1.29, 1.82) is 0 Å². The molecular weight excluding hydrogens is 244 g/mol. The molecule has 0 radical (unpaired) electrons. The van der Waals surface area contributed by atoms with Crippen LogP contribution in [0.25, 0.3) is 0 Å². The Labute approximate surface area is 114 Å². The first-order valence-electron chi connectivity index (χ1n) is 6.62. The number of nitro groups is 1. The Morgan fingerprint density at radius 2 is 2.11 bits per heavy atom. The van der Waals surface area contributed by atoms with E-state index in [2.05, 4.69) is 19.2 Å². The molecule has 1 aromatic rings. The van der Waals surface area contributed by atoms with E-state index in [-0.39, 0.29) is 10.6 Å². The Bertz CT molecular complexity index is 394. The van der Waals surface area contributed by atoms with Crippen LogP contribution in [0.3, 0.4) is 0 Å². The number of nitrogens with zero attached hydrogens (tertiary/aromatic N) is 1. The van der Waals surface area contributed by atoms with E-state index in [4.69, 9.17) is 4.74 Å². The first kappa shape index (κ1) is 15.6. The van der Waals surface area contributed by atoms with Gasteiger partial charge in [0.25, 0.3) is 5.69 Å². The Kier molecular flexibility index (Phi) is 7.07. The zero-order chi connectivity index (χ0) is 14.1. The molecule has 1 aromatic carbocycles. The molecule has 0 aliphatic rings. The van der Waals surface area contributed by atoms with E-state index < -0.39 is 0 Å². The number of nitro benzene ring substituents is 1. The fraction of sp³-hybridized carbons (Fsp3) is 0.571. The lowest BCUT2D eigenvalue weighted by Gasteiger charge is -2.08. The number of nitrogens with one attached hydrogen (secondary N) is 1. The molecule has 106 valence electrons. The third-order valence-corrected chi connectivity index (χ3v) is 2.60. The molecule has 0 aromatic heterocycles. The summed E-state index contributed by atoms with van der Waals surface area (Å²) in [6.07, 6.45) is 0.910. The summed E-state index contributed by atoms with van der Waals surface area (Å²) in [5.41, 5.74) is 0.890. The van der Waals surface area contributed by atoms with E-state index in [0.717, 1.165) is 31.7 Å². The highest BCUT2D eigenvalue weighted by Crippen LogP contribution is 2.16. The Balaban J connectivity index is 2.21. The van der Waals surface area contributed by atoms with E-state index in [9.17, 15) is 10.1 Å². The van der Waals surface area contributed by atoms with Crippen molar-refractivity contribution in [2.75, 3.05) is 19.8 Å². The van der Waals surface area contributed by atoms with Crippen molar-refractivity contribution < 1.29 is 9.66 Å². The van der Waals surface area contributed by atoms with Crippen LogP contribution in [0.5, 0.6) is 0 Å². The van der Waals surface area contributed by atoms with E-state index in [1.54, 1.807) is 12.1 Å². The lowest BCUT2D eigenvalue weighted by atomic mass is 10.2. The van der Waals surface area contributed by atoms with E-state index in [1.807, 2.05) is 6.07 Å². The van der Waals surface area contributed by atoms with Gasteiger partial charge in [0.2, 0.25) is 0 Å². The third-order valence-electron chi connectivity index (χ3n) is 2.60. The predicted molar refractivity (Wildman–Crippen MR) is 75.1 cm³/mol. The highest BCUT2D eigenvalue weighted by atomic mass is 16.6. The molecule has 0 saturated carbocycles. The van der Waals surface area contributed by atoms with Crippen LogP contribution in [-0.2, 0) is 11.3 Å². The van der Waals surface area contributed by atoms with Gasteiger partial charge in [0.15, 0.2) is 0 Å². The number of benzene rings is 1. The van der Waals surface area contributed by atoms with Gasteiger partial charge in [-0.3, -0.25) is 10.1 Å². The largest absolute Gasteiger partial charge is 0.381 e. The second-order valence-corrected chi connectivity index (χ2v) is 4.88. The molecule has 5 nitrogen and oxygen atoms in total. The molecule has 0 atom stereocenters. The molecule has 0 amide bonds. The Morgan fingerprint density at radius 1 is 1.37 bits per heavy atom. The smallest absolute Gasteiger partial charge is 0.273 e. The molecule has 1 N–H and O–H groups in total. The van der Waals surface area contributed by atoms with Gasteiger partial charge in [0.1, 0.15) is 0 Å². The van der Waals surface area contributed by atoms with Crippen LogP contribution in [0.4, 0.5) is 5.69 Å². The van der Waals surface area contributed by atoms with Gasteiger partial charge < -0.3 is 10.1 Å². The van der Waals surface area contributed by atoms with Crippen molar-refractivity contribution in [2.45, 2.75) is 26.8 Å². The number of hydrogen-bond donors (Lipinski definition) is 1. The molecule has 1 rings (SSSR count). The van der Waals surface area contributed by atoms with Crippen LogP contribution in [0.2, 0.25) is 0 Å². The number of para-hydroxylation sites is 1. The lowest BCUT2D eigenvalue weighted by molar-refractivity contribution is -0.385. The van der Waals surface area contributed by atoms with Crippen LogP contribution < -0.4 is 5.32 Å². The van der Waals surface area contributed by atoms with Crippen molar-refractivity contribution in [3.8, 4) is 0 Å². The molecule has 5 heteroatoms. The Morgan fingerprint density at radius 3 is 2.79 bits per heavy atom. The average molecular weight is 266 g/mol. The maximum Gasteiger partial charge on any atom is 0.273 e. The number of hydrogen-bond acceptors (Lipinski definition) is 4. The van der Waals surface area contributed by atoms with Gasteiger partial charge in [-0.2, -0.15) is 0 Å². The summed E-state index contributed by atoms with van der Waals surface area (Å²) in [5, 5.41) is 14.0. The minimum Gasteiger partial charge on any atom is -0.381 e. The van der Waals surface area contributed by atoms with Crippen LogP contribution in [0.15, 0.2) is 24.3 Å². The first-order chi connectivity index (χ1) is 9.11. The molecule has 0 spiro atoms. The highest BCUT2D eigenvalue weighted by molar-refractivity contribution is 5.39. The van der Waals surface area contributed by atoms with Crippen molar-refractivity contribution in [3.63, 3.8) is 0 Å². The fourth-order valence-electron chi connectivity index (χ4n) is 1.68. The molecule has 0 saturated heterocycles. The summed E-state index contributed by atoms with van der Waals surface area (Å²) >= 11 is 0. The summed E-state index contributed by atoms with van der Waals surface area (Å²) in [5.74, 6) is 0.555. The van der Waals surface area contributed by atoms with Crippen molar-refractivity contribution in [3.05, 3.63) is 39.9 Å². The zero-order valence-electron chi connectivity index (χ0n) is 11.6. The molecule has 0 unspecified atom stereocenters. The van der Waals surface area contributed by atoms with Crippen molar-refractivity contribution in [2.24, 2.45) is 5.92 Å². The minimum atomic E-state index is -0.344. The van der Waals surface area contributed by atoms with Crippen molar-refractivity contribution >= 4 is 5.69 Å². The van der Waals surface area contributed by atoms with E-state index >= 15 is 0 Å². The summed E-state index contributed by atoms with van der Waals surface area (Å²) in [4.78, 5) is 10.5. The zero-order valence-corrected chi connectivity index (χ0v) is 11.6. The lowest BCUT2D eigenvalue weighted by Crippen LogP contribution is -2.17. The van der Waals surface area contributed by atoms with Crippen LogP contribution in [-0.4, -0.2) is 24.7 Å². The van der Waals surface area contributed by atoms with Gasteiger partial charge in [-0.15, -0.1) is 0 Å². The van der Waals surface area contributed by atoms with Gasteiger partial charge in [-0.25, -0.2) is 0 Å². The average Bonchev–Trinajstić information content (AvgIpc) is 2.37. The molecular formula is C14H22N2O3. The number of ether oxygens (including phenoxy) is 1. The van der Waals surface area contributed by atoms with Gasteiger partial charge >= 0.3 is 0 Å². The highest BCUT2D eigenvalue weighted by Gasteiger charge is 2.10. The molecule has 0 aliphatic carbocycles. The quantitative estimate of drug-likeness (QED) is 0.424. The van der Waals surface area contributed by atoms with Crippen LogP contribution in [0, 0.1) is 16.0 Å². The standard InChI is InChI=1S/C14H22N2O3/c1-12(2)11-19-9-5-8-15-10-13-6-3-4-7-14(13)16(17)18/h3-4,6-7,12,15H,5,8-11H2,1-2H3. The van der Waals surface area contributed by atoms with Crippen LogP contribution in [0.1, 0.15) is 25.8 Å². The van der Waals surface area contributed by atoms with Gasteiger partial charge in [-0.1, -0.05) is 32.0 Å². The second-order valence-electron chi connectivity index (χ2n) is 4.88. The molecule has 0 aliphatic heterocycles. The fourth-order valence-corrected chi connectivity index (χ4v) is 1.68. The van der Waals surface area contributed by atoms with Gasteiger partial charge in [-0.05, 0) is 18.9 Å². The molecule has 0 bridgehead atoms. The summed E-state index contributed by atoms with van der Waals surface area (Å²) in [6.45, 7) is 7.05. The van der Waals surface area contributed by atoms with Crippen molar-refractivity contribution in [1.82, 2.24) is 5.32 Å². The second kappa shape index (κ2) is 8.61. The van der Waals surface area contributed by atoms with E-state index in [1.165, 1.54) is 6.07 Å². The summed E-state index contributed by atoms with van der Waals surface area (Å²) in [6, 6.07) is 6.81. The normalized spacial score (nSPS) is 10.9. The Hall–Kier alpha value is -1.46. The summed E-state index contributed by atoms with van der Waals surface area (Å²) in [7, 11) is 0. The van der Waals surface area contributed by atoms with E-state index in [0.29, 0.717) is 12.5 Å². The summed E-state index contributed by atoms with van der Waals surface area (Å²) < 4.78 is 5.46.